The summed E-state index contributed by atoms with van der Waals surface area (Å²) in [5.74, 6) is -0.871. The number of rotatable bonds is 3. The van der Waals surface area contributed by atoms with Gasteiger partial charge < -0.3 is 9.84 Å². The first-order valence-corrected chi connectivity index (χ1v) is 5.77. The largest absolute Gasteiger partial charge is 0.419 e. The van der Waals surface area contributed by atoms with Gasteiger partial charge in [-0.05, 0) is 30.2 Å². The number of nitrogens with zero attached hydrogens (tertiary/aromatic N) is 1. The predicted octanol–water partition coefficient (Wildman–Crippen LogP) is 1.28. The van der Waals surface area contributed by atoms with Crippen LogP contribution in [0.15, 0.2) is 31.2 Å². The zero-order chi connectivity index (χ0) is 15.6. The van der Waals surface area contributed by atoms with E-state index in [4.69, 9.17) is 0 Å². The van der Waals surface area contributed by atoms with Crippen molar-refractivity contribution in [2.75, 3.05) is 6.54 Å². The fourth-order valence-corrected chi connectivity index (χ4v) is 1.74. The maximum absolute atomic E-state index is 11.9. The van der Waals surface area contributed by atoms with Crippen molar-refractivity contribution in [3.8, 4) is 0 Å². The maximum Gasteiger partial charge on any atom is 0.419 e. The third-order valence-corrected chi connectivity index (χ3v) is 2.57. The molecule has 0 aliphatic carbocycles. The number of aromatic amines is 1. The van der Waals surface area contributed by atoms with Crippen LogP contribution in [0.1, 0.15) is 11.1 Å². The maximum atomic E-state index is 11.9. The summed E-state index contributed by atoms with van der Waals surface area (Å²) >= 11 is 0. The Morgan fingerprint density at radius 1 is 1.38 bits per heavy atom. The topological polar surface area (TPSA) is 87.5 Å². The number of aromatic nitrogens is 1. The number of aryl methyl sites for hydroxylation is 1. The Morgan fingerprint density at radius 2 is 2.10 bits per heavy atom. The van der Waals surface area contributed by atoms with Crippen molar-refractivity contribution in [1.82, 2.24) is 10.4 Å². The third kappa shape index (κ3) is 3.71. The van der Waals surface area contributed by atoms with Crippen LogP contribution >= 0.6 is 0 Å². The molecule has 1 aromatic carbocycles. The number of fused-ring (bicyclic) bond motifs is 1. The molecule has 0 saturated carbocycles. The lowest BCUT2D eigenvalue weighted by molar-refractivity contribution is -0.124. The van der Waals surface area contributed by atoms with Gasteiger partial charge in [-0.15, -0.1) is 0 Å². The van der Waals surface area contributed by atoms with E-state index in [1.54, 1.807) is 13.0 Å². The van der Waals surface area contributed by atoms with Crippen molar-refractivity contribution in [3.63, 3.8) is 0 Å². The highest BCUT2D eigenvalue weighted by atomic mass is 19.4. The van der Waals surface area contributed by atoms with Gasteiger partial charge in [0.15, 0.2) is 0 Å². The molecular weight excluding hydrogens is 291 g/mol. The van der Waals surface area contributed by atoms with Gasteiger partial charge in [0.05, 0.1) is 17.1 Å². The average Bonchev–Trinajstić information content (AvgIpc) is 2.35. The Hall–Kier alpha value is -2.58. The molecule has 0 fully saturated rings. The Kier molecular flexibility index (Phi) is 3.83. The lowest BCUT2D eigenvalue weighted by Crippen LogP contribution is -2.25. The van der Waals surface area contributed by atoms with Crippen molar-refractivity contribution in [1.29, 1.82) is 0 Å². The normalized spacial score (nSPS) is 12.2. The zero-order valence-electron chi connectivity index (χ0n) is 10.7. The fourth-order valence-electron chi connectivity index (χ4n) is 1.74. The molecule has 21 heavy (non-hydrogen) atoms. The highest BCUT2D eigenvalue weighted by Crippen LogP contribution is 2.14. The van der Waals surface area contributed by atoms with E-state index in [9.17, 15) is 22.8 Å². The smallest absolute Gasteiger partial charge is 0.372 e. The van der Waals surface area contributed by atoms with Gasteiger partial charge in [-0.25, -0.2) is 9.59 Å². The molecule has 1 heterocycles. The van der Waals surface area contributed by atoms with E-state index in [0.29, 0.717) is 16.6 Å². The summed E-state index contributed by atoms with van der Waals surface area (Å²) in [6.07, 6.45) is -3.22. The van der Waals surface area contributed by atoms with Crippen LogP contribution in [0.2, 0.25) is 0 Å². The van der Waals surface area contributed by atoms with E-state index >= 15 is 0 Å². The fraction of sp³-hybridized carbons (Fsp3) is 0.250. The molecule has 2 rings (SSSR count). The molecule has 0 radical (unpaired) electrons. The quantitative estimate of drug-likeness (QED) is 0.660. The highest BCUT2D eigenvalue weighted by Gasteiger charge is 2.26. The van der Waals surface area contributed by atoms with Crippen molar-refractivity contribution < 1.29 is 17.6 Å². The molecule has 112 valence electrons. The SMILES string of the molecule is Cc1cc(C=NNCC(F)(F)F)cc2c(=O)oc(=O)[nH]c12. The van der Waals surface area contributed by atoms with Gasteiger partial charge in [0.2, 0.25) is 0 Å². The average molecular weight is 301 g/mol. The summed E-state index contributed by atoms with van der Waals surface area (Å²) < 4.78 is 40.2. The van der Waals surface area contributed by atoms with Crippen LogP contribution in [0.3, 0.4) is 0 Å². The van der Waals surface area contributed by atoms with Gasteiger partial charge >= 0.3 is 17.6 Å². The second-order valence-electron chi connectivity index (χ2n) is 4.27. The van der Waals surface area contributed by atoms with Crippen LogP contribution in [-0.2, 0) is 0 Å². The summed E-state index contributed by atoms with van der Waals surface area (Å²) in [5.41, 5.74) is 2.30. The zero-order valence-corrected chi connectivity index (χ0v) is 10.7. The van der Waals surface area contributed by atoms with E-state index in [2.05, 4.69) is 14.5 Å². The van der Waals surface area contributed by atoms with Gasteiger partial charge in [0.25, 0.3) is 0 Å². The van der Waals surface area contributed by atoms with Crippen LogP contribution in [0, 0.1) is 6.92 Å². The number of alkyl halides is 3. The molecule has 6 nitrogen and oxygen atoms in total. The van der Waals surface area contributed by atoms with Crippen LogP contribution in [-0.4, -0.2) is 23.9 Å². The molecule has 9 heteroatoms. The molecule has 0 atom stereocenters. The standard InChI is InChI=1S/C12H10F3N3O3/c1-6-2-7(4-16-17-5-12(13,14)15)3-8-9(6)18-11(20)21-10(8)19/h2-4,17H,5H2,1H3,(H,18,20). The lowest BCUT2D eigenvalue weighted by Gasteiger charge is -2.05. The molecule has 0 unspecified atom stereocenters. The van der Waals surface area contributed by atoms with Crippen molar-refractivity contribution in [2.24, 2.45) is 5.10 Å². The number of H-pyrrole nitrogens is 1. The minimum Gasteiger partial charge on any atom is -0.372 e. The highest BCUT2D eigenvalue weighted by molar-refractivity contribution is 5.89. The number of hydrazone groups is 1. The van der Waals surface area contributed by atoms with Gasteiger partial charge in [-0.3, -0.25) is 4.98 Å². The first kappa shape index (κ1) is 14.8. The number of nitrogens with one attached hydrogen (secondary N) is 2. The van der Waals surface area contributed by atoms with Crippen LogP contribution in [0.5, 0.6) is 0 Å². The Morgan fingerprint density at radius 3 is 2.76 bits per heavy atom. The Labute approximate surface area is 115 Å². The molecule has 0 aliphatic rings. The summed E-state index contributed by atoms with van der Waals surface area (Å²) in [6.45, 7) is 0.379. The minimum absolute atomic E-state index is 0.117. The molecule has 0 aliphatic heterocycles. The Bertz CT molecular complexity index is 805. The number of benzene rings is 1. The predicted molar refractivity (Wildman–Crippen MR) is 69.5 cm³/mol. The molecule has 0 spiro atoms. The van der Waals surface area contributed by atoms with Gasteiger partial charge in [-0.2, -0.15) is 18.3 Å². The van der Waals surface area contributed by atoms with Gasteiger partial charge in [-0.1, -0.05) is 0 Å². The Balaban J connectivity index is 2.33. The lowest BCUT2D eigenvalue weighted by atomic mass is 10.1. The van der Waals surface area contributed by atoms with E-state index in [0.717, 1.165) is 6.21 Å². The molecular formula is C12H10F3N3O3. The minimum atomic E-state index is -4.36. The monoisotopic (exact) mass is 301 g/mol. The third-order valence-electron chi connectivity index (χ3n) is 2.57. The molecule has 2 aromatic rings. The first-order chi connectivity index (χ1) is 9.76. The summed E-state index contributed by atoms with van der Waals surface area (Å²) in [5, 5.41) is 3.54. The number of halogens is 3. The molecule has 0 amide bonds. The van der Waals surface area contributed by atoms with Gasteiger partial charge in [0, 0.05) is 0 Å². The van der Waals surface area contributed by atoms with E-state index < -0.39 is 24.1 Å². The summed E-state index contributed by atoms with van der Waals surface area (Å²) in [4.78, 5) is 25.0. The second kappa shape index (κ2) is 5.43. The number of hydrogen-bond donors (Lipinski definition) is 2. The van der Waals surface area contributed by atoms with Crippen LogP contribution in [0.25, 0.3) is 10.9 Å². The first-order valence-electron chi connectivity index (χ1n) is 5.77. The second-order valence-corrected chi connectivity index (χ2v) is 4.27. The van der Waals surface area contributed by atoms with Gasteiger partial charge in [0.1, 0.15) is 6.54 Å². The van der Waals surface area contributed by atoms with Crippen molar-refractivity contribution in [3.05, 3.63) is 44.2 Å². The molecule has 1 aromatic heterocycles. The summed E-state index contributed by atoms with van der Waals surface area (Å²) in [7, 11) is 0. The van der Waals surface area contributed by atoms with Crippen molar-refractivity contribution in [2.45, 2.75) is 13.1 Å². The van der Waals surface area contributed by atoms with E-state index in [-0.39, 0.29) is 5.39 Å². The van der Waals surface area contributed by atoms with Crippen molar-refractivity contribution >= 4 is 17.1 Å². The van der Waals surface area contributed by atoms with Crippen LogP contribution < -0.4 is 16.8 Å². The van der Waals surface area contributed by atoms with E-state index in [1.807, 2.05) is 5.43 Å². The van der Waals surface area contributed by atoms with Crippen LogP contribution in [0.4, 0.5) is 13.2 Å². The van der Waals surface area contributed by atoms with E-state index in [1.165, 1.54) is 6.07 Å². The molecule has 0 bridgehead atoms. The number of hydrogen-bond acceptors (Lipinski definition) is 5. The molecule has 0 saturated heterocycles. The summed E-state index contributed by atoms with van der Waals surface area (Å²) in [6, 6.07) is 2.93. The molecule has 2 N–H and O–H groups in total.